The molecule has 2 aromatic heterocycles. The van der Waals surface area contributed by atoms with E-state index in [0.717, 1.165) is 72.0 Å². The summed E-state index contributed by atoms with van der Waals surface area (Å²) in [5.74, 6) is 1.81. The molecule has 2 heterocycles. The molecule has 0 aliphatic rings. The molecular weight excluding hydrogens is 839 g/mol. The standard InChI is InChI=1S/C65H41N3O/c1-5-15-42(16-6-1)51-33-52(43-17-7-2-8-18-43)36-55(35-51)56-37-53(44-19-9-3-10-20-44)34-54(38-56)45-25-28-48(29-26-45)64-66-63(47-22-11-4-12-23-47)67-65(68-64)50-31-32-61-59(40-50)60-39-49-30-27-46-21-13-14-24-57(46)58(49)41-62(60)69-61/h1-41H. The van der Waals surface area contributed by atoms with Gasteiger partial charge in [0.05, 0.1) is 0 Å². The zero-order valence-corrected chi connectivity index (χ0v) is 37.4. The van der Waals surface area contributed by atoms with E-state index in [2.05, 4.69) is 206 Å². The number of fused-ring (bicyclic) bond motifs is 6. The van der Waals surface area contributed by atoms with Gasteiger partial charge in [-0.05, 0) is 144 Å². The fourth-order valence-electron chi connectivity index (χ4n) is 9.73. The molecule has 0 bridgehead atoms. The largest absolute Gasteiger partial charge is 0.456 e. The minimum absolute atomic E-state index is 0.596. The number of aromatic nitrogens is 3. The van der Waals surface area contributed by atoms with Gasteiger partial charge in [0.2, 0.25) is 0 Å². The Hall–Kier alpha value is -9.25. The third-order valence-corrected chi connectivity index (χ3v) is 13.3. The second-order valence-electron chi connectivity index (χ2n) is 17.6. The molecule has 0 fully saturated rings. The molecule has 322 valence electrons. The van der Waals surface area contributed by atoms with Crippen molar-refractivity contribution in [2.24, 2.45) is 0 Å². The van der Waals surface area contributed by atoms with Crippen molar-refractivity contribution in [1.29, 1.82) is 0 Å². The first-order valence-corrected chi connectivity index (χ1v) is 23.3. The van der Waals surface area contributed by atoms with E-state index in [1.807, 2.05) is 42.5 Å². The van der Waals surface area contributed by atoms with Crippen LogP contribution in [0.25, 0.3) is 133 Å². The summed E-state index contributed by atoms with van der Waals surface area (Å²) in [5.41, 5.74) is 15.9. The molecule has 0 spiro atoms. The second kappa shape index (κ2) is 16.9. The predicted molar refractivity (Wildman–Crippen MR) is 286 cm³/mol. The maximum Gasteiger partial charge on any atom is 0.164 e. The Labute approximate surface area is 399 Å². The molecule has 13 rings (SSSR count). The van der Waals surface area contributed by atoms with Crippen LogP contribution in [0.2, 0.25) is 0 Å². The van der Waals surface area contributed by atoms with Crippen LogP contribution >= 0.6 is 0 Å². The highest BCUT2D eigenvalue weighted by Gasteiger charge is 2.17. The summed E-state index contributed by atoms with van der Waals surface area (Å²) in [6.45, 7) is 0. The van der Waals surface area contributed by atoms with Crippen molar-refractivity contribution < 1.29 is 4.42 Å². The van der Waals surface area contributed by atoms with Crippen LogP contribution in [-0.2, 0) is 0 Å². The van der Waals surface area contributed by atoms with Crippen LogP contribution in [0.1, 0.15) is 0 Å². The Morgan fingerprint density at radius 1 is 0.203 bits per heavy atom. The molecule has 0 aliphatic heterocycles. The summed E-state index contributed by atoms with van der Waals surface area (Å²) in [6.07, 6.45) is 0. The van der Waals surface area contributed by atoms with Gasteiger partial charge in [0, 0.05) is 27.5 Å². The van der Waals surface area contributed by atoms with Crippen LogP contribution in [0.5, 0.6) is 0 Å². The molecule has 0 saturated heterocycles. The Morgan fingerprint density at radius 2 is 0.580 bits per heavy atom. The van der Waals surface area contributed by atoms with Gasteiger partial charge in [0.25, 0.3) is 0 Å². The zero-order chi connectivity index (χ0) is 45.7. The van der Waals surface area contributed by atoms with Crippen molar-refractivity contribution in [3.05, 3.63) is 249 Å². The van der Waals surface area contributed by atoms with Gasteiger partial charge in [-0.15, -0.1) is 0 Å². The van der Waals surface area contributed by atoms with Gasteiger partial charge >= 0.3 is 0 Å². The summed E-state index contributed by atoms with van der Waals surface area (Å²) in [6, 6.07) is 88.1. The number of nitrogens with zero attached hydrogens (tertiary/aromatic N) is 3. The smallest absolute Gasteiger partial charge is 0.164 e. The van der Waals surface area contributed by atoms with Crippen molar-refractivity contribution in [2.75, 3.05) is 0 Å². The van der Waals surface area contributed by atoms with E-state index in [4.69, 9.17) is 19.4 Å². The molecule has 0 atom stereocenters. The van der Waals surface area contributed by atoms with E-state index >= 15 is 0 Å². The van der Waals surface area contributed by atoms with Gasteiger partial charge in [0.15, 0.2) is 17.5 Å². The SMILES string of the molecule is c1ccc(-c2cc(-c3ccccc3)cc(-c3cc(-c4ccccc4)cc(-c4ccc(-c5nc(-c6ccccc6)nc(-c6ccc7oc8cc9c(ccc%10ccccc%109)cc8c7c6)n5)cc4)c3)c2)cc1. The van der Waals surface area contributed by atoms with Crippen LogP contribution in [0.3, 0.4) is 0 Å². The summed E-state index contributed by atoms with van der Waals surface area (Å²) in [4.78, 5) is 15.4. The molecular formula is C65H41N3O. The highest BCUT2D eigenvalue weighted by atomic mass is 16.3. The van der Waals surface area contributed by atoms with Crippen LogP contribution in [0.4, 0.5) is 0 Å². The monoisotopic (exact) mass is 879 g/mol. The van der Waals surface area contributed by atoms with Crippen LogP contribution in [0, 0.1) is 0 Å². The lowest BCUT2D eigenvalue weighted by Gasteiger charge is -2.15. The Morgan fingerprint density at radius 3 is 1.12 bits per heavy atom. The second-order valence-corrected chi connectivity index (χ2v) is 17.6. The molecule has 0 saturated carbocycles. The van der Waals surface area contributed by atoms with Gasteiger partial charge in [-0.1, -0.05) is 182 Å². The normalized spacial score (nSPS) is 11.5. The van der Waals surface area contributed by atoms with Crippen LogP contribution in [-0.4, -0.2) is 15.0 Å². The zero-order valence-electron chi connectivity index (χ0n) is 37.4. The average molecular weight is 880 g/mol. The van der Waals surface area contributed by atoms with Crippen LogP contribution < -0.4 is 0 Å². The molecule has 11 aromatic carbocycles. The molecule has 4 heteroatoms. The Bertz CT molecular complexity index is 3980. The van der Waals surface area contributed by atoms with E-state index in [9.17, 15) is 0 Å². The number of rotatable bonds is 8. The van der Waals surface area contributed by atoms with Gasteiger partial charge in [-0.25, -0.2) is 15.0 Å². The van der Waals surface area contributed by atoms with E-state index in [1.165, 1.54) is 43.8 Å². The lowest BCUT2D eigenvalue weighted by atomic mass is 9.90. The number of hydrogen-bond acceptors (Lipinski definition) is 4. The Balaban J connectivity index is 0.912. The topological polar surface area (TPSA) is 51.8 Å². The summed E-state index contributed by atoms with van der Waals surface area (Å²) >= 11 is 0. The first-order chi connectivity index (χ1) is 34.1. The molecule has 13 aromatic rings. The summed E-state index contributed by atoms with van der Waals surface area (Å²) < 4.78 is 6.49. The van der Waals surface area contributed by atoms with E-state index in [0.29, 0.717) is 17.5 Å². The van der Waals surface area contributed by atoms with E-state index in [1.54, 1.807) is 0 Å². The van der Waals surface area contributed by atoms with Crippen molar-refractivity contribution in [2.45, 2.75) is 0 Å². The average Bonchev–Trinajstić information content (AvgIpc) is 3.79. The van der Waals surface area contributed by atoms with Gasteiger partial charge in [0.1, 0.15) is 11.2 Å². The molecule has 0 amide bonds. The molecule has 4 nitrogen and oxygen atoms in total. The molecule has 0 N–H and O–H groups in total. The first kappa shape index (κ1) is 40.1. The maximum atomic E-state index is 6.49. The molecule has 69 heavy (non-hydrogen) atoms. The van der Waals surface area contributed by atoms with Gasteiger partial charge < -0.3 is 4.42 Å². The minimum atomic E-state index is 0.596. The molecule has 0 aliphatic carbocycles. The first-order valence-electron chi connectivity index (χ1n) is 23.3. The quantitative estimate of drug-likeness (QED) is 0.143. The van der Waals surface area contributed by atoms with E-state index < -0.39 is 0 Å². The lowest BCUT2D eigenvalue weighted by Crippen LogP contribution is -2.00. The summed E-state index contributed by atoms with van der Waals surface area (Å²) in [7, 11) is 0. The fraction of sp³-hybridized carbons (Fsp3) is 0. The summed E-state index contributed by atoms with van der Waals surface area (Å²) in [5, 5.41) is 6.85. The fourth-order valence-corrected chi connectivity index (χ4v) is 9.73. The van der Waals surface area contributed by atoms with Crippen molar-refractivity contribution in [1.82, 2.24) is 15.0 Å². The lowest BCUT2D eigenvalue weighted by molar-refractivity contribution is 0.669. The van der Waals surface area contributed by atoms with Crippen molar-refractivity contribution >= 4 is 43.5 Å². The van der Waals surface area contributed by atoms with Crippen molar-refractivity contribution in [3.8, 4) is 89.8 Å². The van der Waals surface area contributed by atoms with Gasteiger partial charge in [-0.3, -0.25) is 0 Å². The van der Waals surface area contributed by atoms with E-state index in [-0.39, 0.29) is 0 Å². The van der Waals surface area contributed by atoms with Gasteiger partial charge in [-0.2, -0.15) is 0 Å². The molecule has 0 unspecified atom stereocenters. The maximum absolute atomic E-state index is 6.49. The Kier molecular flexibility index (Phi) is 9.80. The third-order valence-electron chi connectivity index (χ3n) is 13.3. The number of hydrogen-bond donors (Lipinski definition) is 0. The highest BCUT2D eigenvalue weighted by Crippen LogP contribution is 2.40. The molecule has 0 radical (unpaired) electrons. The number of benzene rings is 11. The highest BCUT2D eigenvalue weighted by molar-refractivity contribution is 6.16. The minimum Gasteiger partial charge on any atom is -0.456 e. The van der Waals surface area contributed by atoms with Crippen molar-refractivity contribution in [3.63, 3.8) is 0 Å². The van der Waals surface area contributed by atoms with Crippen LogP contribution in [0.15, 0.2) is 253 Å². The number of furan rings is 1. The predicted octanol–water partition coefficient (Wildman–Crippen LogP) is 17.4. The third kappa shape index (κ3) is 7.60.